The maximum Gasteiger partial charge on any atom is 0.0931 e. The predicted molar refractivity (Wildman–Crippen MR) is 57.7 cm³/mol. The number of hydrogen-bond donors (Lipinski definition) is 0. The summed E-state index contributed by atoms with van der Waals surface area (Å²) in [5.74, 6) is 0. The van der Waals surface area contributed by atoms with E-state index in [4.69, 9.17) is 11.6 Å². The van der Waals surface area contributed by atoms with E-state index in [0.29, 0.717) is 0 Å². The standard InChI is InChI=1S/C9H10ClN3S/c1-13-6-7(11-12-13)2-3-8-4-5-9(10)14-8/h4-6H,2-3H2,1H3. The predicted octanol–water partition coefficient (Wildman–Crippen LogP) is 2.32. The highest BCUT2D eigenvalue weighted by molar-refractivity contribution is 7.16. The van der Waals surface area contributed by atoms with Gasteiger partial charge in [0.05, 0.1) is 10.0 Å². The van der Waals surface area contributed by atoms with Gasteiger partial charge in [-0.3, -0.25) is 4.68 Å². The van der Waals surface area contributed by atoms with E-state index in [1.807, 2.05) is 19.3 Å². The molecule has 2 aromatic rings. The van der Waals surface area contributed by atoms with Crippen molar-refractivity contribution < 1.29 is 0 Å². The number of hydrogen-bond acceptors (Lipinski definition) is 3. The normalized spacial score (nSPS) is 10.7. The van der Waals surface area contributed by atoms with Crippen LogP contribution in [0.1, 0.15) is 10.6 Å². The minimum Gasteiger partial charge on any atom is -0.255 e. The lowest BCUT2D eigenvalue weighted by Gasteiger charge is -1.92. The number of rotatable bonds is 3. The number of halogens is 1. The molecule has 0 fully saturated rings. The Labute approximate surface area is 91.3 Å². The van der Waals surface area contributed by atoms with Crippen molar-refractivity contribution in [3.05, 3.63) is 33.2 Å². The number of thiophene rings is 1. The van der Waals surface area contributed by atoms with E-state index in [1.165, 1.54) is 4.88 Å². The second-order valence-corrected chi connectivity index (χ2v) is 4.89. The van der Waals surface area contributed by atoms with Gasteiger partial charge in [-0.05, 0) is 25.0 Å². The maximum atomic E-state index is 5.83. The SMILES string of the molecule is Cn1cc(CCc2ccc(Cl)s2)nn1. The Balaban J connectivity index is 1.94. The summed E-state index contributed by atoms with van der Waals surface area (Å²) in [5.41, 5.74) is 1.03. The van der Waals surface area contributed by atoms with Crippen molar-refractivity contribution in [2.75, 3.05) is 0 Å². The van der Waals surface area contributed by atoms with E-state index < -0.39 is 0 Å². The molecule has 0 unspecified atom stereocenters. The van der Waals surface area contributed by atoms with Crippen molar-refractivity contribution in [3.63, 3.8) is 0 Å². The summed E-state index contributed by atoms with van der Waals surface area (Å²) in [6, 6.07) is 3.99. The van der Waals surface area contributed by atoms with E-state index in [-0.39, 0.29) is 0 Å². The van der Waals surface area contributed by atoms with Gasteiger partial charge in [0.25, 0.3) is 0 Å². The molecule has 2 rings (SSSR count). The molecule has 0 aromatic carbocycles. The fourth-order valence-electron chi connectivity index (χ4n) is 1.25. The average molecular weight is 228 g/mol. The Kier molecular flexibility index (Phi) is 2.84. The molecule has 3 nitrogen and oxygen atoms in total. The first-order chi connectivity index (χ1) is 6.74. The highest BCUT2D eigenvalue weighted by Crippen LogP contribution is 2.22. The van der Waals surface area contributed by atoms with Crippen LogP contribution in [-0.2, 0) is 19.9 Å². The van der Waals surface area contributed by atoms with Gasteiger partial charge < -0.3 is 0 Å². The molecule has 14 heavy (non-hydrogen) atoms. The minimum atomic E-state index is 0.846. The van der Waals surface area contributed by atoms with Gasteiger partial charge in [-0.1, -0.05) is 16.8 Å². The second kappa shape index (κ2) is 4.11. The fraction of sp³-hybridized carbons (Fsp3) is 0.333. The summed E-state index contributed by atoms with van der Waals surface area (Å²) in [6.07, 6.45) is 3.84. The Morgan fingerprint density at radius 2 is 2.29 bits per heavy atom. The Morgan fingerprint density at radius 1 is 1.43 bits per heavy atom. The first-order valence-electron chi connectivity index (χ1n) is 4.33. The molecule has 0 saturated carbocycles. The van der Waals surface area contributed by atoms with Crippen LogP contribution in [0.5, 0.6) is 0 Å². The van der Waals surface area contributed by atoms with Crippen LogP contribution in [0.25, 0.3) is 0 Å². The van der Waals surface area contributed by atoms with Gasteiger partial charge in [-0.25, -0.2) is 0 Å². The van der Waals surface area contributed by atoms with Crippen LogP contribution < -0.4 is 0 Å². The zero-order chi connectivity index (χ0) is 9.97. The van der Waals surface area contributed by atoms with E-state index in [9.17, 15) is 0 Å². The van der Waals surface area contributed by atoms with Gasteiger partial charge in [0.15, 0.2) is 0 Å². The molecular formula is C9H10ClN3S. The van der Waals surface area contributed by atoms with Crippen molar-refractivity contribution in [2.45, 2.75) is 12.8 Å². The molecule has 0 radical (unpaired) electrons. The van der Waals surface area contributed by atoms with Crippen LogP contribution >= 0.6 is 22.9 Å². The zero-order valence-corrected chi connectivity index (χ0v) is 9.35. The number of nitrogens with zero attached hydrogens (tertiary/aromatic N) is 3. The van der Waals surface area contributed by atoms with E-state index >= 15 is 0 Å². The van der Waals surface area contributed by atoms with E-state index in [0.717, 1.165) is 22.9 Å². The molecule has 0 amide bonds. The molecule has 0 atom stereocenters. The molecule has 0 aliphatic rings. The van der Waals surface area contributed by atoms with Crippen molar-refractivity contribution in [1.82, 2.24) is 15.0 Å². The fourth-order valence-corrected chi connectivity index (χ4v) is 2.33. The number of aromatic nitrogens is 3. The first-order valence-corrected chi connectivity index (χ1v) is 5.53. The summed E-state index contributed by atoms with van der Waals surface area (Å²) in [6.45, 7) is 0. The van der Waals surface area contributed by atoms with Gasteiger partial charge in [0.2, 0.25) is 0 Å². The number of aryl methyl sites for hydroxylation is 3. The maximum absolute atomic E-state index is 5.83. The Bertz CT molecular complexity index is 381. The monoisotopic (exact) mass is 227 g/mol. The van der Waals surface area contributed by atoms with E-state index in [2.05, 4.69) is 16.4 Å². The van der Waals surface area contributed by atoms with Gasteiger partial charge >= 0.3 is 0 Å². The first kappa shape index (κ1) is 9.68. The molecule has 0 spiro atoms. The van der Waals surface area contributed by atoms with Crippen LogP contribution in [0, 0.1) is 0 Å². The highest BCUT2D eigenvalue weighted by atomic mass is 35.5. The van der Waals surface area contributed by atoms with Gasteiger partial charge in [0, 0.05) is 18.1 Å². The van der Waals surface area contributed by atoms with Gasteiger partial charge in [-0.15, -0.1) is 16.4 Å². The third-order valence-electron chi connectivity index (χ3n) is 1.91. The van der Waals surface area contributed by atoms with Crippen molar-refractivity contribution in [2.24, 2.45) is 7.05 Å². The molecule has 74 valence electrons. The third kappa shape index (κ3) is 2.33. The molecule has 0 bridgehead atoms. The molecule has 0 aliphatic carbocycles. The summed E-state index contributed by atoms with van der Waals surface area (Å²) in [4.78, 5) is 1.29. The molecule has 0 saturated heterocycles. The quantitative estimate of drug-likeness (QED) is 0.806. The van der Waals surface area contributed by atoms with E-state index in [1.54, 1.807) is 16.0 Å². The lowest BCUT2D eigenvalue weighted by molar-refractivity contribution is 0.713. The van der Waals surface area contributed by atoms with Crippen LogP contribution in [0.4, 0.5) is 0 Å². The Hall–Kier alpha value is -0.870. The van der Waals surface area contributed by atoms with Gasteiger partial charge in [0.1, 0.15) is 0 Å². The highest BCUT2D eigenvalue weighted by Gasteiger charge is 2.01. The molecule has 5 heteroatoms. The summed E-state index contributed by atoms with van der Waals surface area (Å²) in [7, 11) is 1.87. The van der Waals surface area contributed by atoms with Crippen molar-refractivity contribution in [3.8, 4) is 0 Å². The topological polar surface area (TPSA) is 30.7 Å². The molecule has 2 aromatic heterocycles. The van der Waals surface area contributed by atoms with Gasteiger partial charge in [-0.2, -0.15) is 0 Å². The van der Waals surface area contributed by atoms with Crippen molar-refractivity contribution in [1.29, 1.82) is 0 Å². The van der Waals surface area contributed by atoms with Crippen LogP contribution in [0.2, 0.25) is 4.34 Å². The molecular weight excluding hydrogens is 218 g/mol. The van der Waals surface area contributed by atoms with Crippen LogP contribution in [0.3, 0.4) is 0 Å². The van der Waals surface area contributed by atoms with Crippen LogP contribution in [-0.4, -0.2) is 15.0 Å². The third-order valence-corrected chi connectivity index (χ3v) is 3.20. The molecule has 2 heterocycles. The molecule has 0 N–H and O–H groups in total. The smallest absolute Gasteiger partial charge is 0.0931 e. The largest absolute Gasteiger partial charge is 0.255 e. The lowest BCUT2D eigenvalue weighted by Crippen LogP contribution is -1.88. The molecule has 0 aliphatic heterocycles. The van der Waals surface area contributed by atoms with Crippen LogP contribution in [0.15, 0.2) is 18.3 Å². The minimum absolute atomic E-state index is 0.846. The lowest BCUT2D eigenvalue weighted by atomic mass is 10.2. The summed E-state index contributed by atoms with van der Waals surface area (Å²) < 4.78 is 2.57. The van der Waals surface area contributed by atoms with Crippen molar-refractivity contribution >= 4 is 22.9 Å². The average Bonchev–Trinajstić information content (AvgIpc) is 2.72. The summed E-state index contributed by atoms with van der Waals surface area (Å²) >= 11 is 7.46. The Morgan fingerprint density at radius 3 is 2.86 bits per heavy atom. The second-order valence-electron chi connectivity index (χ2n) is 3.09. The zero-order valence-electron chi connectivity index (χ0n) is 7.77. The summed E-state index contributed by atoms with van der Waals surface area (Å²) in [5, 5.41) is 7.90.